The van der Waals surface area contributed by atoms with Crippen LogP contribution in [0.25, 0.3) is 0 Å². The third kappa shape index (κ3) is 8.42. The van der Waals surface area contributed by atoms with Crippen molar-refractivity contribution in [2.24, 2.45) is 0 Å². The highest BCUT2D eigenvalue weighted by molar-refractivity contribution is 7.92. The van der Waals surface area contributed by atoms with E-state index in [-0.39, 0.29) is 31.3 Å². The fraction of sp³-hybridized carbons (Fsp3) is 0.355. The first-order valence-corrected chi connectivity index (χ1v) is 15.2. The van der Waals surface area contributed by atoms with Crippen molar-refractivity contribution in [2.75, 3.05) is 23.7 Å². The first-order chi connectivity index (χ1) is 18.6. The maximum atomic E-state index is 13.8. The molecule has 0 saturated heterocycles. The molecule has 3 rings (SSSR count). The van der Waals surface area contributed by atoms with Crippen molar-refractivity contribution < 1.29 is 18.0 Å². The van der Waals surface area contributed by atoms with E-state index in [2.05, 4.69) is 5.32 Å². The smallest absolute Gasteiger partial charge is 0.243 e. The maximum absolute atomic E-state index is 13.8. The molecule has 0 aliphatic rings. The molecule has 3 aromatic carbocycles. The lowest BCUT2D eigenvalue weighted by Crippen LogP contribution is -2.50. The standard InChI is InChI=1S/C31H39N3O4S/c1-5-32-31(36)29(22-26-16-7-6-8-17-26)33(23-27-18-11-9-14-24(27)2)30(35)20-13-21-34(39(4,37)38)28-19-12-10-15-25(28)3/h6-12,14-19,29H,5,13,20-23H2,1-4H3,(H,32,36). The molecule has 7 nitrogen and oxygen atoms in total. The number of aryl methyl sites for hydroxylation is 2. The van der Waals surface area contributed by atoms with Crippen LogP contribution in [0.1, 0.15) is 42.0 Å². The molecule has 39 heavy (non-hydrogen) atoms. The summed E-state index contributed by atoms with van der Waals surface area (Å²) in [5.41, 5.74) is 4.40. The van der Waals surface area contributed by atoms with E-state index in [1.165, 1.54) is 10.6 Å². The van der Waals surface area contributed by atoms with Gasteiger partial charge in [-0.3, -0.25) is 13.9 Å². The Kier molecular flexibility index (Phi) is 10.7. The van der Waals surface area contributed by atoms with E-state index in [0.717, 1.165) is 22.3 Å². The Morgan fingerprint density at radius 2 is 1.49 bits per heavy atom. The third-order valence-corrected chi connectivity index (χ3v) is 7.94. The summed E-state index contributed by atoms with van der Waals surface area (Å²) < 4.78 is 26.6. The third-order valence-electron chi connectivity index (χ3n) is 6.76. The minimum absolute atomic E-state index is 0.106. The van der Waals surface area contributed by atoms with Gasteiger partial charge in [0.25, 0.3) is 0 Å². The number of anilines is 1. The number of amides is 2. The van der Waals surface area contributed by atoms with Crippen LogP contribution in [-0.4, -0.2) is 50.5 Å². The zero-order valence-corrected chi connectivity index (χ0v) is 24.1. The van der Waals surface area contributed by atoms with Crippen molar-refractivity contribution in [1.29, 1.82) is 0 Å². The predicted molar refractivity (Wildman–Crippen MR) is 157 cm³/mol. The van der Waals surface area contributed by atoms with Crippen LogP contribution in [0.5, 0.6) is 0 Å². The van der Waals surface area contributed by atoms with E-state index in [1.54, 1.807) is 17.0 Å². The molecule has 0 aromatic heterocycles. The molecule has 0 radical (unpaired) electrons. The molecular formula is C31H39N3O4S. The number of benzene rings is 3. The molecule has 0 bridgehead atoms. The average molecular weight is 550 g/mol. The molecule has 2 amide bonds. The minimum Gasteiger partial charge on any atom is -0.355 e. The molecule has 0 spiro atoms. The van der Waals surface area contributed by atoms with E-state index >= 15 is 0 Å². The Labute approximate surface area is 232 Å². The Hall–Kier alpha value is -3.65. The van der Waals surface area contributed by atoms with Gasteiger partial charge in [-0.1, -0.05) is 72.8 Å². The van der Waals surface area contributed by atoms with Crippen molar-refractivity contribution in [2.45, 2.75) is 52.6 Å². The SMILES string of the molecule is CCNC(=O)C(Cc1ccccc1)N(Cc1ccccc1C)C(=O)CCCN(c1ccccc1C)S(C)(=O)=O. The normalized spacial score (nSPS) is 12.0. The van der Waals surface area contributed by atoms with Gasteiger partial charge in [-0.05, 0) is 55.5 Å². The van der Waals surface area contributed by atoms with Gasteiger partial charge in [0.15, 0.2) is 0 Å². The predicted octanol–water partition coefficient (Wildman–Crippen LogP) is 4.63. The zero-order chi connectivity index (χ0) is 28.4. The summed E-state index contributed by atoms with van der Waals surface area (Å²) >= 11 is 0. The van der Waals surface area contributed by atoms with Crippen molar-refractivity contribution in [3.63, 3.8) is 0 Å². The van der Waals surface area contributed by atoms with Gasteiger partial charge in [0.2, 0.25) is 21.8 Å². The fourth-order valence-corrected chi connectivity index (χ4v) is 5.67. The second kappa shape index (κ2) is 13.9. The van der Waals surface area contributed by atoms with E-state index < -0.39 is 16.1 Å². The molecule has 208 valence electrons. The lowest BCUT2D eigenvalue weighted by Gasteiger charge is -2.32. The van der Waals surface area contributed by atoms with E-state index in [0.29, 0.717) is 25.1 Å². The molecule has 1 N–H and O–H groups in total. The van der Waals surface area contributed by atoms with Crippen LogP contribution >= 0.6 is 0 Å². The summed E-state index contributed by atoms with van der Waals surface area (Å²) in [5, 5.41) is 2.90. The molecular weight excluding hydrogens is 510 g/mol. The van der Waals surface area contributed by atoms with E-state index in [4.69, 9.17) is 0 Å². The number of sulfonamides is 1. The molecule has 8 heteroatoms. The molecule has 1 unspecified atom stereocenters. The maximum Gasteiger partial charge on any atom is 0.243 e. The van der Waals surface area contributed by atoms with Gasteiger partial charge in [-0.15, -0.1) is 0 Å². The Bertz CT molecular complexity index is 1360. The summed E-state index contributed by atoms with van der Waals surface area (Å²) in [6, 6.07) is 24.1. The molecule has 3 aromatic rings. The second-order valence-electron chi connectivity index (χ2n) is 9.77. The monoisotopic (exact) mass is 549 g/mol. The molecule has 0 aliphatic carbocycles. The summed E-state index contributed by atoms with van der Waals surface area (Å²) in [7, 11) is -3.55. The van der Waals surface area contributed by atoms with Gasteiger partial charge >= 0.3 is 0 Å². The summed E-state index contributed by atoms with van der Waals surface area (Å²) in [4.78, 5) is 28.8. The number of para-hydroxylation sites is 1. The molecule has 0 saturated carbocycles. The van der Waals surface area contributed by atoms with Crippen molar-refractivity contribution in [3.8, 4) is 0 Å². The van der Waals surface area contributed by atoms with Gasteiger partial charge in [0, 0.05) is 32.5 Å². The van der Waals surface area contributed by atoms with Crippen molar-refractivity contribution in [3.05, 3.63) is 101 Å². The molecule has 0 heterocycles. The Morgan fingerprint density at radius 1 is 0.872 bits per heavy atom. The van der Waals surface area contributed by atoms with Crippen LogP contribution in [0.4, 0.5) is 5.69 Å². The highest BCUT2D eigenvalue weighted by Gasteiger charge is 2.30. The van der Waals surface area contributed by atoms with Crippen LogP contribution in [0.15, 0.2) is 78.9 Å². The molecule has 0 aliphatic heterocycles. The van der Waals surface area contributed by atoms with Crippen LogP contribution in [0.2, 0.25) is 0 Å². The minimum atomic E-state index is -3.55. The van der Waals surface area contributed by atoms with E-state index in [1.807, 2.05) is 87.5 Å². The van der Waals surface area contributed by atoms with Gasteiger partial charge < -0.3 is 10.2 Å². The lowest BCUT2D eigenvalue weighted by atomic mass is 10.0. The topological polar surface area (TPSA) is 86.8 Å². The highest BCUT2D eigenvalue weighted by atomic mass is 32.2. The van der Waals surface area contributed by atoms with E-state index in [9.17, 15) is 18.0 Å². The zero-order valence-electron chi connectivity index (χ0n) is 23.3. The number of carbonyl (C=O) groups excluding carboxylic acids is 2. The summed E-state index contributed by atoms with van der Waals surface area (Å²) in [6.45, 7) is 6.62. The fourth-order valence-electron chi connectivity index (χ4n) is 4.64. The Balaban J connectivity index is 1.88. The van der Waals surface area contributed by atoms with Gasteiger partial charge in [-0.25, -0.2) is 8.42 Å². The van der Waals surface area contributed by atoms with Gasteiger partial charge in [-0.2, -0.15) is 0 Å². The Morgan fingerprint density at radius 3 is 2.10 bits per heavy atom. The highest BCUT2D eigenvalue weighted by Crippen LogP contribution is 2.23. The lowest BCUT2D eigenvalue weighted by molar-refractivity contribution is -0.141. The van der Waals surface area contributed by atoms with Gasteiger partial charge in [0.05, 0.1) is 11.9 Å². The number of nitrogens with one attached hydrogen (secondary N) is 1. The van der Waals surface area contributed by atoms with Crippen LogP contribution in [-0.2, 0) is 32.6 Å². The largest absolute Gasteiger partial charge is 0.355 e. The average Bonchev–Trinajstić information content (AvgIpc) is 2.90. The number of carbonyl (C=O) groups is 2. The first kappa shape index (κ1) is 29.9. The van der Waals surface area contributed by atoms with Crippen LogP contribution in [0, 0.1) is 13.8 Å². The van der Waals surface area contributed by atoms with Crippen LogP contribution < -0.4 is 9.62 Å². The summed E-state index contributed by atoms with van der Waals surface area (Å²) in [6.07, 6.45) is 1.98. The molecule has 0 fully saturated rings. The van der Waals surface area contributed by atoms with Crippen molar-refractivity contribution >= 4 is 27.5 Å². The van der Waals surface area contributed by atoms with Crippen molar-refractivity contribution in [1.82, 2.24) is 10.2 Å². The number of hydrogen-bond donors (Lipinski definition) is 1. The first-order valence-electron chi connectivity index (χ1n) is 13.3. The number of likely N-dealkylation sites (N-methyl/N-ethyl adjacent to an activating group) is 1. The number of rotatable bonds is 13. The number of hydrogen-bond acceptors (Lipinski definition) is 4. The number of nitrogens with zero attached hydrogens (tertiary/aromatic N) is 2. The second-order valence-corrected chi connectivity index (χ2v) is 11.7. The molecule has 1 atom stereocenters. The quantitative estimate of drug-likeness (QED) is 0.337. The van der Waals surface area contributed by atoms with Crippen LogP contribution in [0.3, 0.4) is 0 Å². The van der Waals surface area contributed by atoms with Gasteiger partial charge in [0.1, 0.15) is 6.04 Å². The summed E-state index contributed by atoms with van der Waals surface area (Å²) in [5.74, 6) is -0.398.